The zero-order valence-electron chi connectivity index (χ0n) is 14.4. The van der Waals surface area contributed by atoms with Gasteiger partial charge < -0.3 is 10.6 Å². The average Bonchev–Trinajstić information content (AvgIpc) is 3.24. The van der Waals surface area contributed by atoms with E-state index >= 15 is 0 Å². The third kappa shape index (κ3) is 3.54. The smallest absolute Gasteiger partial charge is 0.275 e. The van der Waals surface area contributed by atoms with E-state index in [9.17, 15) is 4.79 Å². The van der Waals surface area contributed by atoms with Gasteiger partial charge in [0.15, 0.2) is 0 Å². The first kappa shape index (κ1) is 16.9. The Bertz CT molecular complexity index is 872. The van der Waals surface area contributed by atoms with Crippen LogP contribution in [0, 0.1) is 0 Å². The van der Waals surface area contributed by atoms with Gasteiger partial charge in [-0.2, -0.15) is 0 Å². The summed E-state index contributed by atoms with van der Waals surface area (Å²) < 4.78 is 0. The Kier molecular flexibility index (Phi) is 5.09. The SMILES string of the molecule is O=C(Nc1cccc(-c2ccccc2)c1C1CCNCC1)c1cscn1. The number of carbonyl (C=O) groups is 1. The number of amides is 1. The number of hydrogen-bond donors (Lipinski definition) is 2. The van der Waals surface area contributed by atoms with Crippen LogP contribution in [0.5, 0.6) is 0 Å². The molecule has 1 aromatic heterocycles. The molecular weight excluding hydrogens is 342 g/mol. The van der Waals surface area contributed by atoms with E-state index in [2.05, 4.69) is 45.9 Å². The second-order valence-corrected chi connectivity index (χ2v) is 7.20. The minimum absolute atomic E-state index is 0.147. The van der Waals surface area contributed by atoms with Gasteiger partial charge in [0, 0.05) is 11.1 Å². The van der Waals surface area contributed by atoms with Crippen molar-refractivity contribution >= 4 is 22.9 Å². The Hall–Kier alpha value is -2.50. The molecular formula is C21H21N3OS. The molecule has 3 aromatic rings. The predicted octanol–water partition coefficient (Wildman–Crippen LogP) is 4.53. The fourth-order valence-electron chi connectivity index (χ4n) is 3.61. The van der Waals surface area contributed by atoms with Crippen LogP contribution in [0.15, 0.2) is 59.4 Å². The molecule has 132 valence electrons. The number of hydrogen-bond acceptors (Lipinski definition) is 4. The van der Waals surface area contributed by atoms with Gasteiger partial charge >= 0.3 is 0 Å². The van der Waals surface area contributed by atoms with Gasteiger partial charge in [0.2, 0.25) is 0 Å². The topological polar surface area (TPSA) is 54.0 Å². The van der Waals surface area contributed by atoms with Gasteiger partial charge in [-0.15, -0.1) is 11.3 Å². The molecule has 5 heteroatoms. The number of anilines is 1. The summed E-state index contributed by atoms with van der Waals surface area (Å²) in [6.07, 6.45) is 2.15. The highest BCUT2D eigenvalue weighted by Gasteiger charge is 2.23. The van der Waals surface area contributed by atoms with Crippen LogP contribution in [0.4, 0.5) is 5.69 Å². The van der Waals surface area contributed by atoms with Gasteiger partial charge in [-0.1, -0.05) is 42.5 Å². The van der Waals surface area contributed by atoms with Crippen molar-refractivity contribution in [1.29, 1.82) is 0 Å². The van der Waals surface area contributed by atoms with Crippen molar-refractivity contribution in [3.8, 4) is 11.1 Å². The van der Waals surface area contributed by atoms with Crippen molar-refractivity contribution in [2.24, 2.45) is 0 Å². The van der Waals surface area contributed by atoms with Crippen molar-refractivity contribution in [2.75, 3.05) is 18.4 Å². The quantitative estimate of drug-likeness (QED) is 0.716. The molecule has 2 aromatic carbocycles. The van der Waals surface area contributed by atoms with Crippen molar-refractivity contribution in [1.82, 2.24) is 10.3 Å². The molecule has 1 aliphatic heterocycles. The zero-order valence-corrected chi connectivity index (χ0v) is 15.3. The van der Waals surface area contributed by atoms with Crippen LogP contribution in [-0.4, -0.2) is 24.0 Å². The van der Waals surface area contributed by atoms with Gasteiger partial charge in [0.05, 0.1) is 5.51 Å². The Morgan fingerprint density at radius 2 is 1.88 bits per heavy atom. The number of piperidine rings is 1. The first-order valence-electron chi connectivity index (χ1n) is 8.91. The normalized spacial score (nSPS) is 14.9. The summed E-state index contributed by atoms with van der Waals surface area (Å²) in [4.78, 5) is 16.7. The van der Waals surface area contributed by atoms with Crippen molar-refractivity contribution in [2.45, 2.75) is 18.8 Å². The standard InChI is InChI=1S/C21H21N3OS/c25-21(19-13-26-14-23-19)24-18-8-4-7-17(15-5-2-1-3-6-15)20(18)16-9-11-22-12-10-16/h1-8,13-14,16,22H,9-12H2,(H,24,25). The number of rotatable bonds is 4. The lowest BCUT2D eigenvalue weighted by Crippen LogP contribution is -2.27. The molecule has 1 saturated heterocycles. The molecule has 0 bridgehead atoms. The van der Waals surface area contributed by atoms with Gasteiger partial charge in [-0.25, -0.2) is 4.98 Å². The number of nitrogens with one attached hydrogen (secondary N) is 2. The van der Waals surface area contributed by atoms with Gasteiger partial charge in [0.25, 0.3) is 5.91 Å². The van der Waals surface area contributed by atoms with E-state index in [0.29, 0.717) is 11.6 Å². The lowest BCUT2D eigenvalue weighted by molar-refractivity contribution is 0.102. The van der Waals surface area contributed by atoms with Gasteiger partial charge in [-0.3, -0.25) is 4.79 Å². The van der Waals surface area contributed by atoms with E-state index < -0.39 is 0 Å². The molecule has 2 heterocycles. The highest BCUT2D eigenvalue weighted by molar-refractivity contribution is 7.07. The summed E-state index contributed by atoms with van der Waals surface area (Å²) in [5.41, 5.74) is 6.68. The van der Waals surface area contributed by atoms with E-state index in [0.717, 1.165) is 31.6 Å². The van der Waals surface area contributed by atoms with Crippen molar-refractivity contribution < 1.29 is 4.79 Å². The van der Waals surface area contributed by atoms with E-state index in [1.165, 1.54) is 28.0 Å². The molecule has 0 unspecified atom stereocenters. The second-order valence-electron chi connectivity index (χ2n) is 6.48. The second kappa shape index (κ2) is 7.81. The summed E-state index contributed by atoms with van der Waals surface area (Å²) in [5, 5.41) is 8.31. The maximum atomic E-state index is 12.6. The van der Waals surface area contributed by atoms with E-state index in [4.69, 9.17) is 0 Å². The molecule has 1 aliphatic rings. The summed E-state index contributed by atoms with van der Waals surface area (Å²) >= 11 is 1.43. The maximum absolute atomic E-state index is 12.6. The van der Waals surface area contributed by atoms with Crippen LogP contribution in [0.3, 0.4) is 0 Å². The maximum Gasteiger partial charge on any atom is 0.275 e. The molecule has 2 N–H and O–H groups in total. The van der Waals surface area contributed by atoms with Crippen LogP contribution in [0.25, 0.3) is 11.1 Å². The lowest BCUT2D eigenvalue weighted by atomic mass is 9.83. The third-order valence-electron chi connectivity index (χ3n) is 4.85. The van der Waals surface area contributed by atoms with Crippen LogP contribution in [-0.2, 0) is 0 Å². The molecule has 0 atom stereocenters. The molecule has 4 nitrogen and oxygen atoms in total. The van der Waals surface area contributed by atoms with Gasteiger partial charge in [-0.05, 0) is 54.6 Å². The molecule has 1 fully saturated rings. The highest BCUT2D eigenvalue weighted by Crippen LogP contribution is 2.39. The lowest BCUT2D eigenvalue weighted by Gasteiger charge is -2.27. The Labute approximate surface area is 157 Å². The molecule has 0 aliphatic carbocycles. The predicted molar refractivity (Wildman–Crippen MR) is 107 cm³/mol. The van der Waals surface area contributed by atoms with Gasteiger partial charge in [0.1, 0.15) is 5.69 Å². The monoisotopic (exact) mass is 363 g/mol. The molecule has 1 amide bonds. The molecule has 0 radical (unpaired) electrons. The minimum atomic E-state index is -0.147. The van der Waals surface area contributed by atoms with Crippen LogP contribution in [0.2, 0.25) is 0 Å². The van der Waals surface area contributed by atoms with Crippen LogP contribution < -0.4 is 10.6 Å². The number of benzene rings is 2. The largest absolute Gasteiger partial charge is 0.320 e. The Morgan fingerprint density at radius 1 is 1.08 bits per heavy atom. The number of carbonyl (C=O) groups excluding carboxylic acids is 1. The van der Waals surface area contributed by atoms with E-state index in [1.807, 2.05) is 18.2 Å². The minimum Gasteiger partial charge on any atom is -0.320 e. The molecule has 0 spiro atoms. The summed E-state index contributed by atoms with van der Waals surface area (Å²) in [7, 11) is 0. The van der Waals surface area contributed by atoms with Crippen molar-refractivity contribution in [3.63, 3.8) is 0 Å². The first-order chi connectivity index (χ1) is 12.8. The Balaban J connectivity index is 1.76. The highest BCUT2D eigenvalue weighted by atomic mass is 32.1. The average molecular weight is 363 g/mol. The zero-order chi connectivity index (χ0) is 17.8. The van der Waals surface area contributed by atoms with Crippen LogP contribution >= 0.6 is 11.3 Å². The van der Waals surface area contributed by atoms with Crippen molar-refractivity contribution in [3.05, 3.63) is 70.7 Å². The van der Waals surface area contributed by atoms with E-state index in [1.54, 1.807) is 10.9 Å². The molecule has 4 rings (SSSR count). The fourth-order valence-corrected chi connectivity index (χ4v) is 4.14. The third-order valence-corrected chi connectivity index (χ3v) is 5.44. The number of nitrogens with zero attached hydrogens (tertiary/aromatic N) is 1. The fraction of sp³-hybridized carbons (Fsp3) is 0.238. The number of thiazole rings is 1. The molecule has 26 heavy (non-hydrogen) atoms. The van der Waals surface area contributed by atoms with E-state index in [-0.39, 0.29) is 5.91 Å². The summed E-state index contributed by atoms with van der Waals surface area (Å²) in [5.74, 6) is 0.282. The summed E-state index contributed by atoms with van der Waals surface area (Å²) in [6, 6.07) is 16.6. The number of aromatic nitrogens is 1. The first-order valence-corrected chi connectivity index (χ1v) is 9.86. The van der Waals surface area contributed by atoms with Crippen LogP contribution in [0.1, 0.15) is 34.8 Å². The Morgan fingerprint density at radius 3 is 2.62 bits per heavy atom. The summed E-state index contributed by atoms with van der Waals surface area (Å²) in [6.45, 7) is 2.01. The molecule has 0 saturated carbocycles.